The molecule has 6 rings (SSSR count). The lowest BCUT2D eigenvalue weighted by Gasteiger charge is -2.27. The summed E-state index contributed by atoms with van der Waals surface area (Å²) in [4.78, 5) is 0. The average molecular weight is 759 g/mol. The Balaban J connectivity index is 1.62. The van der Waals surface area contributed by atoms with Gasteiger partial charge < -0.3 is 8.39 Å². The molecule has 6 aromatic rings. The fraction of sp³-hybridized carbons (Fsp3) is 0.388. The molecular weight excluding hydrogens is 698 g/mol. The van der Waals surface area contributed by atoms with Crippen LogP contribution in [0.2, 0.25) is 0 Å². The van der Waals surface area contributed by atoms with Crippen molar-refractivity contribution in [1.29, 1.82) is 0 Å². The summed E-state index contributed by atoms with van der Waals surface area (Å²) >= 11 is 0. The summed E-state index contributed by atoms with van der Waals surface area (Å²) in [6.45, 7) is 27.4. The second-order valence-corrected chi connectivity index (χ2v) is 22.2. The number of hydrogen-bond donors (Lipinski definition) is 0. The van der Waals surface area contributed by atoms with Crippen molar-refractivity contribution in [2.75, 3.05) is 6.16 Å². The highest BCUT2D eigenvalue weighted by Gasteiger charge is 2.30. The van der Waals surface area contributed by atoms with Crippen molar-refractivity contribution in [3.05, 3.63) is 143 Å². The van der Waals surface area contributed by atoms with Crippen LogP contribution >= 0.6 is 16.2 Å². The van der Waals surface area contributed by atoms with Gasteiger partial charge in [0.25, 0.3) is 0 Å². The van der Waals surface area contributed by atoms with Crippen LogP contribution in [-0.2, 0) is 21.7 Å². The monoisotopic (exact) mass is 758 g/mol. The predicted octanol–water partition coefficient (Wildman–Crippen LogP) is 14.2. The molecule has 1 aromatic heterocycles. The zero-order valence-electron chi connectivity index (χ0n) is 34.6. The Morgan fingerprint density at radius 1 is 0.519 bits per heavy atom. The SMILES string of the molecule is CC(C)(C)c1cc(C(C)(C)C)c2op(O[C@@H](CCP(c3ccccc3)c3ccccc3)c3ccccc3)oc3c(C(C)(C)C)cc(C(C)(C)C)cc3c2c1. The summed E-state index contributed by atoms with van der Waals surface area (Å²) < 4.78 is 21.7. The quantitative estimate of drug-likeness (QED) is 0.145. The fourth-order valence-electron chi connectivity index (χ4n) is 6.97. The van der Waals surface area contributed by atoms with Crippen molar-refractivity contribution in [1.82, 2.24) is 0 Å². The molecule has 54 heavy (non-hydrogen) atoms. The predicted molar refractivity (Wildman–Crippen MR) is 235 cm³/mol. The van der Waals surface area contributed by atoms with E-state index in [-0.39, 0.29) is 27.8 Å². The molecule has 0 bridgehead atoms. The first kappa shape index (κ1) is 40.1. The summed E-state index contributed by atoms with van der Waals surface area (Å²) in [5.41, 5.74) is 7.27. The van der Waals surface area contributed by atoms with E-state index in [1.807, 2.05) is 0 Å². The molecule has 0 saturated carbocycles. The smallest absolute Gasteiger partial charge is 0.388 e. The van der Waals surface area contributed by atoms with Gasteiger partial charge in [-0.1, -0.05) is 186 Å². The summed E-state index contributed by atoms with van der Waals surface area (Å²) in [6.07, 6.45) is 1.54. The maximum Gasteiger partial charge on any atom is 0.388 e. The average Bonchev–Trinajstić information content (AvgIpc) is 3.26. The highest BCUT2D eigenvalue weighted by Crippen LogP contribution is 2.47. The summed E-state index contributed by atoms with van der Waals surface area (Å²) in [7, 11) is -2.48. The van der Waals surface area contributed by atoms with Gasteiger partial charge in [-0.3, -0.25) is 4.52 Å². The molecule has 5 aromatic carbocycles. The third-order valence-corrected chi connectivity index (χ3v) is 13.9. The van der Waals surface area contributed by atoms with Gasteiger partial charge in [-0.25, -0.2) is 0 Å². The van der Waals surface area contributed by atoms with Crippen molar-refractivity contribution < 1.29 is 12.9 Å². The minimum atomic E-state index is -1.87. The first-order valence-corrected chi connectivity index (χ1v) is 22.1. The normalized spacial score (nSPS) is 13.5. The largest absolute Gasteiger partial charge is 0.399 e. The van der Waals surface area contributed by atoms with E-state index in [2.05, 4.69) is 198 Å². The van der Waals surface area contributed by atoms with Gasteiger partial charge in [-0.2, -0.15) is 0 Å². The number of fused-ring (bicyclic) bond motifs is 3. The van der Waals surface area contributed by atoms with Crippen LogP contribution in [0.25, 0.3) is 21.9 Å². The van der Waals surface area contributed by atoms with Crippen LogP contribution < -0.4 is 15.1 Å². The van der Waals surface area contributed by atoms with Gasteiger partial charge in [0.1, 0.15) is 11.2 Å². The standard InChI is InChI=1S/C49H60O3P2/c1-46(2,3)35-30-39-40-31-36(47(4,5)6)33-42(49(10,11)12)45(40)52-54(51-44(39)41(32-35)48(7,8)9)50-43(34-22-16-13-17-23-34)28-29-53(37-24-18-14-19-25-37)38-26-20-15-21-27-38/h13-27,30-33,43H,28-29H2,1-12H3/t43-/m0/s1. The van der Waals surface area contributed by atoms with Crippen LogP contribution in [0, 0.1) is 0 Å². The maximum absolute atomic E-state index is 7.25. The van der Waals surface area contributed by atoms with Crippen molar-refractivity contribution in [2.45, 2.75) is 117 Å². The maximum atomic E-state index is 7.25. The van der Waals surface area contributed by atoms with Gasteiger partial charge in [0.2, 0.25) is 0 Å². The lowest BCUT2D eigenvalue weighted by atomic mass is 9.77. The Labute approximate surface area is 326 Å². The molecule has 0 aliphatic carbocycles. The summed E-state index contributed by atoms with van der Waals surface area (Å²) in [5.74, 6) is 0. The molecule has 0 spiro atoms. The highest BCUT2D eigenvalue weighted by atomic mass is 31.1. The molecule has 0 unspecified atom stereocenters. The van der Waals surface area contributed by atoms with E-state index >= 15 is 0 Å². The van der Waals surface area contributed by atoms with Gasteiger partial charge in [-0.05, 0) is 81.6 Å². The summed E-state index contributed by atoms with van der Waals surface area (Å²) in [5, 5.41) is 4.91. The molecule has 0 saturated heterocycles. The molecule has 284 valence electrons. The van der Waals surface area contributed by atoms with Crippen molar-refractivity contribution >= 4 is 48.7 Å². The molecule has 0 aliphatic heterocycles. The molecule has 5 heteroatoms. The zero-order valence-corrected chi connectivity index (χ0v) is 36.4. The Morgan fingerprint density at radius 2 is 0.907 bits per heavy atom. The van der Waals surface area contributed by atoms with E-state index in [9.17, 15) is 0 Å². The molecule has 3 nitrogen and oxygen atoms in total. The lowest BCUT2D eigenvalue weighted by molar-refractivity contribution is 0.258. The first-order chi connectivity index (χ1) is 25.3. The van der Waals surface area contributed by atoms with E-state index < -0.39 is 16.2 Å². The van der Waals surface area contributed by atoms with Crippen LogP contribution in [-0.4, -0.2) is 6.16 Å². The Morgan fingerprint density at radius 3 is 1.28 bits per heavy atom. The van der Waals surface area contributed by atoms with E-state index in [1.54, 1.807) is 0 Å². The Kier molecular flexibility index (Phi) is 11.5. The van der Waals surface area contributed by atoms with Gasteiger partial charge in [-0.15, -0.1) is 0 Å². The van der Waals surface area contributed by atoms with Crippen molar-refractivity contribution in [3.8, 4) is 0 Å². The third-order valence-electron chi connectivity index (χ3n) is 10.3. The molecule has 1 atom stereocenters. The van der Waals surface area contributed by atoms with Gasteiger partial charge in [0.15, 0.2) is 0 Å². The summed E-state index contributed by atoms with van der Waals surface area (Å²) in [6, 6.07) is 42.0. The zero-order chi connectivity index (χ0) is 39.1. The Hall–Kier alpha value is -3.61. The Bertz CT molecular complexity index is 2100. The molecule has 0 N–H and O–H groups in total. The van der Waals surface area contributed by atoms with Crippen LogP contribution in [0.1, 0.15) is 123 Å². The third kappa shape index (κ3) is 9.08. The van der Waals surface area contributed by atoms with E-state index in [1.165, 1.54) is 32.9 Å². The molecule has 0 aliphatic rings. The van der Waals surface area contributed by atoms with Crippen LogP contribution in [0.15, 0.2) is 124 Å². The minimum Gasteiger partial charge on any atom is -0.399 e. The highest BCUT2D eigenvalue weighted by molar-refractivity contribution is 7.73. The number of benzene rings is 5. The van der Waals surface area contributed by atoms with Gasteiger partial charge in [0, 0.05) is 21.9 Å². The minimum absolute atomic E-state index is 0.0631. The number of rotatable bonds is 8. The van der Waals surface area contributed by atoms with Crippen LogP contribution in [0.4, 0.5) is 0 Å². The molecule has 0 fully saturated rings. The lowest BCUT2D eigenvalue weighted by Crippen LogP contribution is -2.17. The van der Waals surface area contributed by atoms with E-state index in [0.717, 1.165) is 40.1 Å². The van der Waals surface area contributed by atoms with Crippen molar-refractivity contribution in [3.63, 3.8) is 0 Å². The van der Waals surface area contributed by atoms with Gasteiger partial charge in [0.05, 0.1) is 6.10 Å². The van der Waals surface area contributed by atoms with Crippen LogP contribution in [0.5, 0.6) is 0 Å². The molecule has 1 heterocycles. The van der Waals surface area contributed by atoms with E-state index in [4.69, 9.17) is 12.9 Å². The molecule has 0 amide bonds. The van der Waals surface area contributed by atoms with Gasteiger partial charge >= 0.3 is 8.24 Å². The van der Waals surface area contributed by atoms with E-state index in [0.29, 0.717) is 0 Å². The first-order valence-electron chi connectivity index (χ1n) is 19.4. The second kappa shape index (κ2) is 15.5. The van der Waals surface area contributed by atoms with Crippen LogP contribution in [0.3, 0.4) is 0 Å². The fourth-order valence-corrected chi connectivity index (χ4v) is 10.6. The number of hydrogen-bond acceptors (Lipinski definition) is 3. The topological polar surface area (TPSA) is 35.5 Å². The second-order valence-electron chi connectivity index (χ2n) is 18.8. The van der Waals surface area contributed by atoms with Crippen molar-refractivity contribution in [2.24, 2.45) is 0 Å². The molecule has 0 radical (unpaired) electrons. The molecular formula is C49H60O3P2.